The van der Waals surface area contributed by atoms with E-state index in [0.29, 0.717) is 6.04 Å². The van der Waals surface area contributed by atoms with Crippen molar-refractivity contribution in [3.8, 4) is 0 Å². The Labute approximate surface area is 115 Å². The highest BCUT2D eigenvalue weighted by molar-refractivity contribution is 7.09. The Morgan fingerprint density at radius 3 is 2.83 bits per heavy atom. The quantitative estimate of drug-likeness (QED) is 0.658. The second-order valence-corrected chi connectivity index (χ2v) is 5.57. The molecule has 0 aliphatic carbocycles. The smallest absolute Gasteiger partial charge is 0.110 e. The molecular weight excluding hydrogens is 244 g/mol. The average Bonchev–Trinajstić information content (AvgIpc) is 2.79. The first-order chi connectivity index (χ1) is 8.77. The summed E-state index contributed by atoms with van der Waals surface area (Å²) >= 11 is 1.77. The van der Waals surface area contributed by atoms with Crippen LogP contribution in [0, 0.1) is 6.92 Å². The zero-order valence-electron chi connectivity index (χ0n) is 11.9. The van der Waals surface area contributed by atoms with E-state index in [0.717, 1.165) is 18.8 Å². The van der Waals surface area contributed by atoms with Gasteiger partial charge in [0.25, 0.3) is 0 Å². The molecule has 1 N–H and O–H groups in total. The van der Waals surface area contributed by atoms with Crippen molar-refractivity contribution in [3.05, 3.63) is 16.1 Å². The number of hydrogen-bond acceptors (Lipinski definition) is 4. The van der Waals surface area contributed by atoms with E-state index >= 15 is 0 Å². The second kappa shape index (κ2) is 9.48. The van der Waals surface area contributed by atoms with Crippen molar-refractivity contribution in [1.82, 2.24) is 10.3 Å². The van der Waals surface area contributed by atoms with Crippen molar-refractivity contribution < 1.29 is 4.74 Å². The minimum absolute atomic E-state index is 0.399. The number of ether oxygens (including phenoxy) is 1. The first-order valence-corrected chi connectivity index (χ1v) is 7.80. The van der Waals surface area contributed by atoms with Gasteiger partial charge in [-0.25, -0.2) is 4.98 Å². The summed E-state index contributed by atoms with van der Waals surface area (Å²) in [4.78, 5) is 4.60. The molecule has 0 aliphatic heterocycles. The van der Waals surface area contributed by atoms with Gasteiger partial charge in [-0.2, -0.15) is 0 Å². The molecule has 0 fully saturated rings. The standard InChI is InChI=1S/C14H26N2OS/c1-4-5-6-7-8-13(15-9-10-17-3)14-16-12(2)11-18-14/h11,13,15H,4-10H2,1-3H3. The lowest BCUT2D eigenvalue weighted by molar-refractivity contribution is 0.194. The van der Waals surface area contributed by atoms with Gasteiger partial charge in [-0.05, 0) is 13.3 Å². The van der Waals surface area contributed by atoms with Gasteiger partial charge in [-0.15, -0.1) is 11.3 Å². The Morgan fingerprint density at radius 2 is 2.22 bits per heavy atom. The topological polar surface area (TPSA) is 34.1 Å². The molecule has 0 spiro atoms. The van der Waals surface area contributed by atoms with Gasteiger partial charge in [0.1, 0.15) is 5.01 Å². The number of aromatic nitrogens is 1. The normalized spacial score (nSPS) is 12.8. The maximum absolute atomic E-state index is 5.10. The van der Waals surface area contributed by atoms with Gasteiger partial charge < -0.3 is 10.1 Å². The summed E-state index contributed by atoms with van der Waals surface area (Å²) in [6, 6.07) is 0.399. The summed E-state index contributed by atoms with van der Waals surface area (Å²) < 4.78 is 5.10. The van der Waals surface area contributed by atoms with Gasteiger partial charge in [0.15, 0.2) is 0 Å². The lowest BCUT2D eigenvalue weighted by Gasteiger charge is -2.16. The van der Waals surface area contributed by atoms with E-state index in [-0.39, 0.29) is 0 Å². The third-order valence-corrected chi connectivity index (χ3v) is 4.05. The van der Waals surface area contributed by atoms with Crippen molar-refractivity contribution in [3.63, 3.8) is 0 Å². The van der Waals surface area contributed by atoms with E-state index in [4.69, 9.17) is 4.74 Å². The van der Waals surface area contributed by atoms with E-state index < -0.39 is 0 Å². The third kappa shape index (κ3) is 5.94. The SMILES string of the molecule is CCCCCCC(NCCOC)c1nc(C)cs1. The van der Waals surface area contributed by atoms with Gasteiger partial charge in [0.2, 0.25) is 0 Å². The molecule has 1 aromatic rings. The van der Waals surface area contributed by atoms with E-state index in [2.05, 4.69) is 29.5 Å². The highest BCUT2D eigenvalue weighted by Crippen LogP contribution is 2.23. The molecule has 1 heterocycles. The monoisotopic (exact) mass is 270 g/mol. The molecule has 1 unspecified atom stereocenters. The minimum atomic E-state index is 0.399. The maximum atomic E-state index is 5.10. The molecule has 0 aromatic carbocycles. The van der Waals surface area contributed by atoms with E-state index in [1.54, 1.807) is 18.4 Å². The van der Waals surface area contributed by atoms with Crippen LogP contribution in [0.15, 0.2) is 5.38 Å². The van der Waals surface area contributed by atoms with Gasteiger partial charge in [0, 0.05) is 24.7 Å². The van der Waals surface area contributed by atoms with Gasteiger partial charge in [-0.3, -0.25) is 0 Å². The molecule has 1 atom stereocenters. The number of rotatable bonds is 10. The fourth-order valence-corrected chi connectivity index (χ4v) is 2.86. The molecule has 0 aliphatic rings. The molecular formula is C14H26N2OS. The highest BCUT2D eigenvalue weighted by atomic mass is 32.1. The number of hydrogen-bond donors (Lipinski definition) is 1. The first-order valence-electron chi connectivity index (χ1n) is 6.92. The molecule has 18 heavy (non-hydrogen) atoms. The minimum Gasteiger partial charge on any atom is -0.383 e. The maximum Gasteiger partial charge on any atom is 0.110 e. The Kier molecular flexibility index (Phi) is 8.22. The number of methoxy groups -OCH3 is 1. The zero-order chi connectivity index (χ0) is 13.2. The fraction of sp³-hybridized carbons (Fsp3) is 0.786. The Bertz CT molecular complexity index is 314. The van der Waals surface area contributed by atoms with Gasteiger partial charge in [0.05, 0.1) is 12.6 Å². The van der Waals surface area contributed by atoms with E-state index in [1.807, 2.05) is 0 Å². The van der Waals surface area contributed by atoms with Crippen LogP contribution in [-0.4, -0.2) is 25.2 Å². The molecule has 0 bridgehead atoms. The number of thiazole rings is 1. The summed E-state index contributed by atoms with van der Waals surface area (Å²) in [6.45, 7) is 5.96. The molecule has 0 radical (unpaired) electrons. The number of aryl methyl sites for hydroxylation is 1. The van der Waals surface area contributed by atoms with E-state index in [9.17, 15) is 0 Å². The molecule has 104 valence electrons. The summed E-state index contributed by atoms with van der Waals surface area (Å²) in [5.74, 6) is 0. The Balaban J connectivity index is 2.41. The Morgan fingerprint density at radius 1 is 1.39 bits per heavy atom. The van der Waals surface area contributed by atoms with Crippen molar-refractivity contribution in [2.45, 2.75) is 52.0 Å². The lowest BCUT2D eigenvalue weighted by atomic mass is 10.1. The summed E-state index contributed by atoms with van der Waals surface area (Å²) in [5, 5.41) is 6.90. The lowest BCUT2D eigenvalue weighted by Crippen LogP contribution is -2.25. The van der Waals surface area contributed by atoms with Crippen LogP contribution in [-0.2, 0) is 4.74 Å². The summed E-state index contributed by atoms with van der Waals surface area (Å²) in [6.07, 6.45) is 6.40. The Hall–Kier alpha value is -0.450. The van der Waals surface area contributed by atoms with Crippen molar-refractivity contribution in [2.75, 3.05) is 20.3 Å². The van der Waals surface area contributed by atoms with Crippen LogP contribution in [0.3, 0.4) is 0 Å². The average molecular weight is 270 g/mol. The fourth-order valence-electron chi connectivity index (χ4n) is 1.96. The van der Waals surface area contributed by atoms with Crippen LogP contribution >= 0.6 is 11.3 Å². The molecule has 0 amide bonds. The third-order valence-electron chi connectivity index (χ3n) is 2.98. The molecule has 0 saturated carbocycles. The first kappa shape index (κ1) is 15.6. The van der Waals surface area contributed by atoms with Crippen molar-refractivity contribution in [1.29, 1.82) is 0 Å². The van der Waals surface area contributed by atoms with Crippen LogP contribution in [0.4, 0.5) is 0 Å². The molecule has 0 saturated heterocycles. The van der Waals surface area contributed by atoms with Crippen LogP contribution in [0.5, 0.6) is 0 Å². The van der Waals surface area contributed by atoms with Gasteiger partial charge >= 0.3 is 0 Å². The largest absolute Gasteiger partial charge is 0.383 e. The van der Waals surface area contributed by atoms with E-state index in [1.165, 1.54) is 37.1 Å². The highest BCUT2D eigenvalue weighted by Gasteiger charge is 2.13. The summed E-state index contributed by atoms with van der Waals surface area (Å²) in [7, 11) is 1.74. The molecule has 3 nitrogen and oxygen atoms in total. The van der Waals surface area contributed by atoms with Crippen LogP contribution < -0.4 is 5.32 Å². The molecule has 1 rings (SSSR count). The predicted molar refractivity (Wildman–Crippen MR) is 78.2 cm³/mol. The van der Waals surface area contributed by atoms with Crippen LogP contribution in [0.2, 0.25) is 0 Å². The number of unbranched alkanes of at least 4 members (excludes halogenated alkanes) is 3. The van der Waals surface area contributed by atoms with Crippen molar-refractivity contribution >= 4 is 11.3 Å². The van der Waals surface area contributed by atoms with Crippen molar-refractivity contribution in [2.24, 2.45) is 0 Å². The predicted octanol–water partition coefficient (Wildman–Crippen LogP) is 3.70. The summed E-state index contributed by atoms with van der Waals surface area (Å²) in [5.41, 5.74) is 1.13. The van der Waals surface area contributed by atoms with Crippen LogP contribution in [0.1, 0.15) is 55.8 Å². The van der Waals surface area contributed by atoms with Crippen LogP contribution in [0.25, 0.3) is 0 Å². The zero-order valence-corrected chi connectivity index (χ0v) is 12.7. The number of nitrogens with one attached hydrogen (secondary N) is 1. The molecule has 4 heteroatoms. The number of nitrogens with zero attached hydrogens (tertiary/aromatic N) is 1. The molecule has 1 aromatic heterocycles. The second-order valence-electron chi connectivity index (χ2n) is 4.68. The van der Waals surface area contributed by atoms with Gasteiger partial charge in [-0.1, -0.05) is 32.6 Å².